The first-order valence-corrected chi connectivity index (χ1v) is 7.03. The van der Waals surface area contributed by atoms with E-state index in [1.165, 1.54) is 5.56 Å². The van der Waals surface area contributed by atoms with E-state index in [0.717, 1.165) is 5.56 Å². The molecule has 2 rings (SSSR count). The third-order valence-electron chi connectivity index (χ3n) is 3.95. The van der Waals surface area contributed by atoms with E-state index in [0.29, 0.717) is 17.0 Å². The minimum Gasteiger partial charge on any atom is -0.312 e. The van der Waals surface area contributed by atoms with E-state index in [2.05, 4.69) is 36.5 Å². The van der Waals surface area contributed by atoms with Crippen molar-refractivity contribution in [3.05, 3.63) is 70.5 Å². The van der Waals surface area contributed by atoms with Crippen molar-refractivity contribution in [3.8, 4) is 0 Å². The average Bonchev–Trinajstić information content (AvgIpc) is 2.46. The Kier molecular flexibility index (Phi) is 4.56. The molecular weight excluding hydrogens is 249 g/mol. The van der Waals surface area contributed by atoms with Crippen LogP contribution in [0, 0.1) is 19.7 Å². The van der Waals surface area contributed by atoms with E-state index >= 15 is 0 Å². The molecule has 2 heteroatoms. The van der Waals surface area contributed by atoms with Crippen LogP contribution in [0.15, 0.2) is 42.5 Å². The normalized spacial score (nSPS) is 14.1. The van der Waals surface area contributed by atoms with Crippen LogP contribution in [0.4, 0.5) is 4.39 Å². The van der Waals surface area contributed by atoms with Gasteiger partial charge in [-0.2, -0.15) is 0 Å². The summed E-state index contributed by atoms with van der Waals surface area (Å²) in [6.07, 6.45) is 0. The van der Waals surface area contributed by atoms with Crippen molar-refractivity contribution in [3.63, 3.8) is 0 Å². The lowest BCUT2D eigenvalue weighted by Gasteiger charge is -2.25. The van der Waals surface area contributed by atoms with Crippen molar-refractivity contribution >= 4 is 0 Å². The second-order valence-electron chi connectivity index (χ2n) is 5.43. The van der Waals surface area contributed by atoms with E-state index in [9.17, 15) is 4.39 Å². The zero-order valence-corrected chi connectivity index (χ0v) is 12.6. The summed E-state index contributed by atoms with van der Waals surface area (Å²) in [5, 5.41) is 3.37. The standard InChI is InChI=1S/C18H22FN/c1-12-10-16(11-13(2)17(12)19)18(20-4)14(3)15-8-6-5-7-9-15/h5-11,14,18,20H,1-4H3. The predicted molar refractivity (Wildman–Crippen MR) is 82.5 cm³/mol. The van der Waals surface area contributed by atoms with Crippen LogP contribution < -0.4 is 5.32 Å². The summed E-state index contributed by atoms with van der Waals surface area (Å²) in [4.78, 5) is 0. The molecular formula is C18H22FN. The number of hydrogen-bond acceptors (Lipinski definition) is 1. The van der Waals surface area contributed by atoms with E-state index in [-0.39, 0.29) is 11.9 Å². The molecule has 0 saturated heterocycles. The Hall–Kier alpha value is -1.67. The van der Waals surface area contributed by atoms with Crippen molar-refractivity contribution in [1.29, 1.82) is 0 Å². The molecule has 2 unspecified atom stereocenters. The molecule has 106 valence electrons. The van der Waals surface area contributed by atoms with Gasteiger partial charge in [-0.15, -0.1) is 0 Å². The van der Waals surface area contributed by atoms with Gasteiger partial charge in [-0.25, -0.2) is 4.39 Å². The molecule has 0 heterocycles. The number of nitrogens with one attached hydrogen (secondary N) is 1. The van der Waals surface area contributed by atoms with Crippen LogP contribution in [0.1, 0.15) is 41.1 Å². The Labute approximate surface area is 120 Å². The highest BCUT2D eigenvalue weighted by Crippen LogP contribution is 2.31. The molecule has 1 nitrogen and oxygen atoms in total. The zero-order valence-electron chi connectivity index (χ0n) is 12.6. The number of aryl methyl sites for hydroxylation is 2. The summed E-state index contributed by atoms with van der Waals surface area (Å²) >= 11 is 0. The molecule has 0 amide bonds. The molecule has 1 N–H and O–H groups in total. The number of likely N-dealkylation sites (N-methyl/N-ethyl adjacent to an activating group) is 1. The van der Waals surface area contributed by atoms with Gasteiger partial charge in [0.25, 0.3) is 0 Å². The minimum atomic E-state index is -0.101. The van der Waals surface area contributed by atoms with Crippen LogP contribution in [0.3, 0.4) is 0 Å². The number of rotatable bonds is 4. The highest BCUT2D eigenvalue weighted by molar-refractivity contribution is 5.35. The largest absolute Gasteiger partial charge is 0.312 e. The van der Waals surface area contributed by atoms with Gasteiger partial charge in [-0.3, -0.25) is 0 Å². The van der Waals surface area contributed by atoms with Crippen molar-refractivity contribution in [2.75, 3.05) is 7.05 Å². The van der Waals surface area contributed by atoms with Crippen LogP contribution in [0.2, 0.25) is 0 Å². The van der Waals surface area contributed by atoms with E-state index in [1.54, 1.807) is 0 Å². The highest BCUT2D eigenvalue weighted by atomic mass is 19.1. The maximum atomic E-state index is 13.8. The molecule has 20 heavy (non-hydrogen) atoms. The van der Waals surface area contributed by atoms with Crippen molar-refractivity contribution in [2.45, 2.75) is 32.7 Å². The van der Waals surface area contributed by atoms with Gasteiger partial charge < -0.3 is 5.32 Å². The molecule has 0 bridgehead atoms. The molecule has 2 aromatic rings. The topological polar surface area (TPSA) is 12.0 Å². The van der Waals surface area contributed by atoms with Crippen LogP contribution in [-0.2, 0) is 0 Å². The highest BCUT2D eigenvalue weighted by Gasteiger charge is 2.20. The summed E-state index contributed by atoms with van der Waals surface area (Å²) in [6, 6.07) is 14.5. The monoisotopic (exact) mass is 271 g/mol. The first kappa shape index (κ1) is 14.7. The number of hydrogen-bond donors (Lipinski definition) is 1. The quantitative estimate of drug-likeness (QED) is 0.863. The molecule has 0 radical (unpaired) electrons. The summed E-state index contributed by atoms with van der Waals surface area (Å²) in [5.41, 5.74) is 3.84. The lowest BCUT2D eigenvalue weighted by molar-refractivity contribution is 0.505. The molecule has 0 aromatic heterocycles. The molecule has 0 aliphatic heterocycles. The second kappa shape index (κ2) is 6.19. The summed E-state index contributed by atoms with van der Waals surface area (Å²) < 4.78 is 13.8. The molecule has 0 spiro atoms. The smallest absolute Gasteiger partial charge is 0.129 e. The zero-order chi connectivity index (χ0) is 14.7. The van der Waals surface area contributed by atoms with Gasteiger partial charge in [0.1, 0.15) is 5.82 Å². The fraction of sp³-hybridized carbons (Fsp3) is 0.333. The molecule has 0 saturated carbocycles. The summed E-state index contributed by atoms with van der Waals surface area (Å²) in [6.45, 7) is 5.85. The predicted octanol–water partition coefficient (Wildman–Crippen LogP) is 4.51. The third kappa shape index (κ3) is 2.91. The SMILES string of the molecule is CNC(c1cc(C)c(F)c(C)c1)C(C)c1ccccc1. The minimum absolute atomic E-state index is 0.101. The molecule has 2 atom stereocenters. The van der Waals surface area contributed by atoms with Gasteiger partial charge in [-0.1, -0.05) is 49.4 Å². The lowest BCUT2D eigenvalue weighted by Crippen LogP contribution is -2.22. The molecule has 0 aliphatic rings. The maximum Gasteiger partial charge on any atom is 0.129 e. The van der Waals surface area contributed by atoms with Crippen LogP contribution in [0.25, 0.3) is 0 Å². The van der Waals surface area contributed by atoms with E-state index < -0.39 is 0 Å². The Morgan fingerprint density at radius 1 is 0.950 bits per heavy atom. The van der Waals surface area contributed by atoms with Crippen LogP contribution >= 0.6 is 0 Å². The fourth-order valence-electron chi connectivity index (χ4n) is 2.81. The van der Waals surface area contributed by atoms with Gasteiger partial charge in [0.2, 0.25) is 0 Å². The van der Waals surface area contributed by atoms with Crippen molar-refractivity contribution in [1.82, 2.24) is 5.32 Å². The second-order valence-corrected chi connectivity index (χ2v) is 5.43. The first-order chi connectivity index (χ1) is 9.54. The van der Waals surface area contributed by atoms with Gasteiger partial charge in [0.05, 0.1) is 0 Å². The van der Waals surface area contributed by atoms with Gasteiger partial charge in [-0.05, 0) is 43.1 Å². The molecule has 0 fully saturated rings. The Morgan fingerprint density at radius 3 is 2.00 bits per heavy atom. The van der Waals surface area contributed by atoms with Crippen LogP contribution in [-0.4, -0.2) is 7.05 Å². The van der Waals surface area contributed by atoms with Gasteiger partial charge >= 0.3 is 0 Å². The van der Waals surface area contributed by atoms with Crippen molar-refractivity contribution in [2.24, 2.45) is 0 Å². The Morgan fingerprint density at radius 2 is 1.50 bits per heavy atom. The van der Waals surface area contributed by atoms with Gasteiger partial charge in [0.15, 0.2) is 0 Å². The molecule has 0 aliphatic carbocycles. The third-order valence-corrected chi connectivity index (χ3v) is 3.95. The lowest BCUT2D eigenvalue weighted by atomic mass is 9.87. The Bertz CT molecular complexity index is 554. The number of halogens is 1. The van der Waals surface area contributed by atoms with Gasteiger partial charge in [0, 0.05) is 12.0 Å². The van der Waals surface area contributed by atoms with E-state index in [4.69, 9.17) is 0 Å². The molecule has 2 aromatic carbocycles. The summed E-state index contributed by atoms with van der Waals surface area (Å²) in [5.74, 6) is 0.224. The van der Waals surface area contributed by atoms with Crippen molar-refractivity contribution < 1.29 is 4.39 Å². The average molecular weight is 271 g/mol. The maximum absolute atomic E-state index is 13.8. The summed E-state index contributed by atoms with van der Waals surface area (Å²) in [7, 11) is 1.96. The number of benzene rings is 2. The first-order valence-electron chi connectivity index (χ1n) is 7.03. The van der Waals surface area contributed by atoms with E-state index in [1.807, 2.05) is 39.1 Å². The fourth-order valence-corrected chi connectivity index (χ4v) is 2.81. The Balaban J connectivity index is 2.38. The van der Waals surface area contributed by atoms with Crippen LogP contribution in [0.5, 0.6) is 0 Å².